The summed E-state index contributed by atoms with van der Waals surface area (Å²) < 4.78 is 1.74. The molecule has 2 aromatic rings. The zero-order valence-electron chi connectivity index (χ0n) is 16.4. The highest BCUT2D eigenvalue weighted by Gasteiger charge is 2.46. The Balaban J connectivity index is 1.47. The first kappa shape index (κ1) is 18.2. The number of aryl methyl sites for hydroxylation is 1. The third-order valence-corrected chi connectivity index (χ3v) is 6.18. The summed E-state index contributed by atoms with van der Waals surface area (Å²) in [5.74, 6) is 0.158. The number of rotatable bonds is 5. The summed E-state index contributed by atoms with van der Waals surface area (Å²) in [6, 6.07) is 0. The van der Waals surface area contributed by atoms with Crippen LogP contribution in [0.2, 0.25) is 0 Å². The zero-order valence-corrected chi connectivity index (χ0v) is 16.4. The van der Waals surface area contributed by atoms with E-state index in [1.54, 1.807) is 10.9 Å². The first-order valence-corrected chi connectivity index (χ1v) is 10.2. The summed E-state index contributed by atoms with van der Waals surface area (Å²) in [5.41, 5.74) is 3.58. The second kappa shape index (κ2) is 7.46. The van der Waals surface area contributed by atoms with Crippen molar-refractivity contribution in [1.82, 2.24) is 29.5 Å². The van der Waals surface area contributed by atoms with Gasteiger partial charge in [-0.3, -0.25) is 14.4 Å². The van der Waals surface area contributed by atoms with Crippen LogP contribution in [0.3, 0.4) is 0 Å². The number of unbranched alkanes of at least 4 members (excludes halogenated alkanes) is 1. The molecular formula is C20H30N6O. The van der Waals surface area contributed by atoms with Gasteiger partial charge in [-0.25, -0.2) is 4.98 Å². The van der Waals surface area contributed by atoms with Gasteiger partial charge in [-0.05, 0) is 38.3 Å². The van der Waals surface area contributed by atoms with E-state index >= 15 is 0 Å². The summed E-state index contributed by atoms with van der Waals surface area (Å²) >= 11 is 0. The fraction of sp³-hybridized carbons (Fsp3) is 0.650. The topological polar surface area (TPSA) is 70.1 Å². The van der Waals surface area contributed by atoms with E-state index in [-0.39, 0.29) is 11.4 Å². The predicted octanol–water partition coefficient (Wildman–Crippen LogP) is 2.09. The summed E-state index contributed by atoms with van der Waals surface area (Å²) in [7, 11) is 0. The number of nitrogens with zero attached hydrogens (tertiary/aromatic N) is 5. The average molecular weight is 371 g/mol. The van der Waals surface area contributed by atoms with Gasteiger partial charge in [0.05, 0.1) is 23.8 Å². The number of aromatic amines is 1. The molecule has 0 aliphatic carbocycles. The fourth-order valence-electron chi connectivity index (χ4n) is 4.67. The first-order chi connectivity index (χ1) is 13.1. The van der Waals surface area contributed by atoms with Crippen molar-refractivity contribution in [2.24, 2.45) is 0 Å². The van der Waals surface area contributed by atoms with Crippen LogP contribution in [0.1, 0.15) is 49.6 Å². The lowest BCUT2D eigenvalue weighted by Crippen LogP contribution is -2.57. The molecule has 0 saturated carbocycles. The van der Waals surface area contributed by atoms with Crippen molar-refractivity contribution in [3.8, 4) is 0 Å². The second-order valence-corrected chi connectivity index (χ2v) is 7.95. The predicted molar refractivity (Wildman–Crippen MR) is 103 cm³/mol. The lowest BCUT2D eigenvalue weighted by Gasteiger charge is -2.50. The largest absolute Gasteiger partial charge is 0.348 e. The number of carbonyl (C=O) groups is 1. The maximum atomic E-state index is 12.7. The number of piperidine rings is 1. The number of hydrogen-bond acceptors (Lipinski definition) is 4. The molecule has 1 N–H and O–H groups in total. The third kappa shape index (κ3) is 3.40. The van der Waals surface area contributed by atoms with Crippen LogP contribution in [-0.2, 0) is 23.3 Å². The highest BCUT2D eigenvalue weighted by molar-refractivity contribution is 5.76. The zero-order chi connectivity index (χ0) is 18.9. The average Bonchev–Trinajstić information content (AvgIpc) is 3.31. The smallest absolute Gasteiger partial charge is 0.244 e. The summed E-state index contributed by atoms with van der Waals surface area (Å²) in [4.78, 5) is 25.4. The molecule has 1 spiro atoms. The number of aromatic nitrogens is 4. The fourth-order valence-corrected chi connectivity index (χ4v) is 4.67. The van der Waals surface area contributed by atoms with Gasteiger partial charge in [-0.1, -0.05) is 13.3 Å². The molecular weight excluding hydrogens is 340 g/mol. The Hall–Kier alpha value is -2.15. The van der Waals surface area contributed by atoms with Crippen molar-refractivity contribution in [2.75, 3.05) is 26.2 Å². The van der Waals surface area contributed by atoms with Crippen molar-refractivity contribution in [2.45, 2.75) is 58.0 Å². The number of amides is 1. The molecule has 0 aromatic carbocycles. The molecule has 0 bridgehead atoms. The summed E-state index contributed by atoms with van der Waals surface area (Å²) in [5, 5.41) is 4.25. The molecule has 7 heteroatoms. The third-order valence-electron chi connectivity index (χ3n) is 6.18. The number of nitrogens with one attached hydrogen (secondary N) is 1. The molecule has 146 valence electrons. The molecule has 4 rings (SSSR count). The SMILES string of the molecule is CCCCN1CCc2[nH]cnc2C12CCN(C(=O)Cn1cc(C)cn1)CC2. The Bertz CT molecular complexity index is 786. The Labute approximate surface area is 160 Å². The van der Waals surface area contributed by atoms with E-state index in [9.17, 15) is 4.79 Å². The van der Waals surface area contributed by atoms with Crippen LogP contribution in [-0.4, -0.2) is 61.6 Å². The van der Waals surface area contributed by atoms with Gasteiger partial charge in [0.1, 0.15) is 6.54 Å². The van der Waals surface area contributed by atoms with Crippen LogP contribution in [0.4, 0.5) is 0 Å². The number of H-pyrrole nitrogens is 1. The van der Waals surface area contributed by atoms with E-state index in [4.69, 9.17) is 4.98 Å². The van der Waals surface area contributed by atoms with Gasteiger partial charge in [0.15, 0.2) is 0 Å². The van der Waals surface area contributed by atoms with Gasteiger partial charge in [-0.15, -0.1) is 0 Å². The number of hydrogen-bond donors (Lipinski definition) is 1. The van der Waals surface area contributed by atoms with E-state index in [0.29, 0.717) is 6.54 Å². The summed E-state index contributed by atoms with van der Waals surface area (Å²) in [6.07, 6.45) is 10.9. The minimum Gasteiger partial charge on any atom is -0.348 e. The Kier molecular flexibility index (Phi) is 5.04. The first-order valence-electron chi connectivity index (χ1n) is 10.2. The van der Waals surface area contributed by atoms with Gasteiger partial charge in [0.2, 0.25) is 5.91 Å². The van der Waals surface area contributed by atoms with Crippen LogP contribution < -0.4 is 0 Å². The quantitative estimate of drug-likeness (QED) is 0.875. The van der Waals surface area contributed by atoms with Gasteiger partial charge >= 0.3 is 0 Å². The number of likely N-dealkylation sites (tertiary alicyclic amines) is 1. The number of carbonyl (C=O) groups excluding carboxylic acids is 1. The molecule has 27 heavy (non-hydrogen) atoms. The molecule has 0 unspecified atom stereocenters. The molecule has 1 fully saturated rings. The number of fused-ring (bicyclic) bond motifs is 2. The minimum atomic E-state index is -0.0121. The van der Waals surface area contributed by atoms with E-state index in [1.165, 1.54) is 24.2 Å². The lowest BCUT2D eigenvalue weighted by molar-refractivity contribution is -0.135. The van der Waals surface area contributed by atoms with Gasteiger partial charge in [-0.2, -0.15) is 5.10 Å². The van der Waals surface area contributed by atoms with Crippen molar-refractivity contribution in [1.29, 1.82) is 0 Å². The van der Waals surface area contributed by atoms with Gasteiger partial charge in [0, 0.05) is 37.9 Å². The number of imidazole rings is 1. The van der Waals surface area contributed by atoms with E-state index in [2.05, 4.69) is 21.9 Å². The maximum Gasteiger partial charge on any atom is 0.244 e. The second-order valence-electron chi connectivity index (χ2n) is 7.95. The van der Waals surface area contributed by atoms with Crippen molar-refractivity contribution in [3.05, 3.63) is 35.7 Å². The van der Waals surface area contributed by atoms with Crippen LogP contribution in [0.15, 0.2) is 18.7 Å². The van der Waals surface area contributed by atoms with Crippen molar-refractivity contribution in [3.63, 3.8) is 0 Å². The molecule has 0 atom stereocenters. The van der Waals surface area contributed by atoms with E-state index in [0.717, 1.165) is 51.0 Å². The summed E-state index contributed by atoms with van der Waals surface area (Å²) in [6.45, 7) is 8.33. The molecule has 1 saturated heterocycles. The minimum absolute atomic E-state index is 0.0121. The van der Waals surface area contributed by atoms with Crippen LogP contribution in [0.5, 0.6) is 0 Å². The Morgan fingerprint density at radius 1 is 1.30 bits per heavy atom. The molecule has 2 aliphatic heterocycles. The monoisotopic (exact) mass is 370 g/mol. The van der Waals surface area contributed by atoms with Crippen molar-refractivity contribution < 1.29 is 4.79 Å². The van der Waals surface area contributed by atoms with Crippen LogP contribution >= 0.6 is 0 Å². The highest BCUT2D eigenvalue weighted by Crippen LogP contribution is 2.42. The van der Waals surface area contributed by atoms with Gasteiger partial charge < -0.3 is 9.88 Å². The molecule has 1 amide bonds. The Morgan fingerprint density at radius 2 is 2.11 bits per heavy atom. The van der Waals surface area contributed by atoms with Crippen LogP contribution in [0, 0.1) is 6.92 Å². The molecule has 7 nitrogen and oxygen atoms in total. The van der Waals surface area contributed by atoms with Gasteiger partial charge in [0.25, 0.3) is 0 Å². The van der Waals surface area contributed by atoms with Crippen molar-refractivity contribution >= 4 is 5.91 Å². The van der Waals surface area contributed by atoms with Crippen LogP contribution in [0.25, 0.3) is 0 Å². The normalized spacial score (nSPS) is 19.4. The van der Waals surface area contributed by atoms with E-state index in [1.807, 2.05) is 24.3 Å². The lowest BCUT2D eigenvalue weighted by atomic mass is 9.78. The molecule has 0 radical (unpaired) electrons. The highest BCUT2D eigenvalue weighted by atomic mass is 16.2. The van der Waals surface area contributed by atoms with E-state index < -0.39 is 0 Å². The maximum absolute atomic E-state index is 12.7. The molecule has 4 heterocycles. The molecule has 2 aromatic heterocycles. The Morgan fingerprint density at radius 3 is 2.81 bits per heavy atom. The molecule has 2 aliphatic rings. The standard InChI is InChI=1S/C20H30N6O/c1-3-4-8-25-9-5-17-19(22-15-21-17)20(25)6-10-24(11-7-20)18(27)14-26-13-16(2)12-23-26/h12-13,15H,3-11,14H2,1-2H3,(H,21,22).